The van der Waals surface area contributed by atoms with Crippen molar-refractivity contribution in [2.24, 2.45) is 0 Å². The second-order valence-electron chi connectivity index (χ2n) is 2.74. The number of thiazole rings is 1. The molecule has 0 saturated carbocycles. The van der Waals surface area contributed by atoms with Crippen LogP contribution in [0.5, 0.6) is 0 Å². The fourth-order valence-electron chi connectivity index (χ4n) is 0.960. The lowest BCUT2D eigenvalue weighted by molar-refractivity contribution is 0.572. The van der Waals surface area contributed by atoms with Crippen LogP contribution in [0.1, 0.15) is 12.6 Å². The first-order valence-electron chi connectivity index (χ1n) is 4.37. The lowest BCUT2D eigenvalue weighted by Crippen LogP contribution is -1.86. The van der Waals surface area contributed by atoms with E-state index in [9.17, 15) is 4.39 Å². The average Bonchev–Trinajstić information content (AvgIpc) is 2.65. The summed E-state index contributed by atoms with van der Waals surface area (Å²) >= 11 is 2.90. The summed E-state index contributed by atoms with van der Waals surface area (Å²) in [5, 5.41) is 2.58. The molecule has 2 aromatic heterocycles. The van der Waals surface area contributed by atoms with E-state index in [1.165, 1.54) is 24.2 Å². The molecular weight excluding hydrogens is 233 g/mol. The summed E-state index contributed by atoms with van der Waals surface area (Å²) in [6, 6.07) is 1.30. The van der Waals surface area contributed by atoms with Gasteiger partial charge in [0.2, 0.25) is 5.95 Å². The number of nitrogens with zero attached hydrogens (tertiary/aromatic N) is 3. The highest BCUT2D eigenvalue weighted by Gasteiger charge is 2.05. The van der Waals surface area contributed by atoms with Gasteiger partial charge in [0.25, 0.3) is 0 Å². The Labute approximate surface area is 94.8 Å². The molecule has 0 aliphatic carbocycles. The van der Waals surface area contributed by atoms with Crippen LogP contribution in [0.2, 0.25) is 0 Å². The molecule has 0 unspecified atom stereocenters. The second-order valence-corrected chi connectivity index (χ2v) is 4.86. The molecule has 0 N–H and O–H groups in total. The van der Waals surface area contributed by atoms with Gasteiger partial charge in [-0.05, 0) is 18.2 Å². The van der Waals surface area contributed by atoms with Crippen LogP contribution in [0.25, 0.3) is 0 Å². The van der Waals surface area contributed by atoms with Crippen molar-refractivity contribution in [3.05, 3.63) is 29.4 Å². The van der Waals surface area contributed by atoms with Crippen LogP contribution in [0, 0.1) is 5.95 Å². The number of aryl methyl sites for hydroxylation is 1. The zero-order chi connectivity index (χ0) is 10.7. The predicted molar refractivity (Wildman–Crippen MR) is 57.6 cm³/mol. The van der Waals surface area contributed by atoms with E-state index in [1.54, 1.807) is 11.3 Å². The predicted octanol–water partition coefficient (Wildman–Crippen LogP) is 2.79. The van der Waals surface area contributed by atoms with Crippen LogP contribution in [-0.4, -0.2) is 15.0 Å². The highest BCUT2D eigenvalue weighted by Crippen LogP contribution is 2.28. The number of rotatable bonds is 3. The van der Waals surface area contributed by atoms with Gasteiger partial charge in [-0.25, -0.2) is 15.0 Å². The summed E-state index contributed by atoms with van der Waals surface area (Å²) in [5.41, 5.74) is 1.05. The molecule has 15 heavy (non-hydrogen) atoms. The monoisotopic (exact) mass is 241 g/mol. The Hall–Kier alpha value is -1.01. The third-order valence-corrected chi connectivity index (χ3v) is 3.61. The molecule has 2 aromatic rings. The van der Waals surface area contributed by atoms with Crippen molar-refractivity contribution in [2.75, 3.05) is 0 Å². The van der Waals surface area contributed by atoms with E-state index in [0.717, 1.165) is 16.5 Å². The number of aromatic nitrogens is 3. The van der Waals surface area contributed by atoms with Gasteiger partial charge in [0.1, 0.15) is 11.4 Å². The van der Waals surface area contributed by atoms with E-state index >= 15 is 0 Å². The Morgan fingerprint density at radius 2 is 2.33 bits per heavy atom. The van der Waals surface area contributed by atoms with E-state index in [4.69, 9.17) is 0 Å². The van der Waals surface area contributed by atoms with Gasteiger partial charge < -0.3 is 0 Å². The van der Waals surface area contributed by atoms with Crippen LogP contribution in [0.15, 0.2) is 27.1 Å². The van der Waals surface area contributed by atoms with Crippen molar-refractivity contribution < 1.29 is 4.39 Å². The summed E-state index contributed by atoms with van der Waals surface area (Å²) < 4.78 is 13.6. The van der Waals surface area contributed by atoms with E-state index < -0.39 is 5.95 Å². The molecule has 0 fully saturated rings. The highest BCUT2D eigenvalue weighted by molar-refractivity contribution is 8.00. The topological polar surface area (TPSA) is 38.7 Å². The Morgan fingerprint density at radius 3 is 3.00 bits per heavy atom. The zero-order valence-electron chi connectivity index (χ0n) is 7.98. The van der Waals surface area contributed by atoms with Gasteiger partial charge in [-0.15, -0.1) is 11.3 Å². The summed E-state index contributed by atoms with van der Waals surface area (Å²) in [5.74, 6) is -0.514. The maximum absolute atomic E-state index is 12.8. The van der Waals surface area contributed by atoms with Crippen LogP contribution in [0.3, 0.4) is 0 Å². The smallest absolute Gasteiger partial charge is 0.217 e. The fraction of sp³-hybridized carbons (Fsp3) is 0.222. The van der Waals surface area contributed by atoms with Crippen LogP contribution >= 0.6 is 23.1 Å². The fourth-order valence-corrected chi connectivity index (χ4v) is 2.78. The molecular formula is C9H8FN3S2. The third kappa shape index (κ3) is 2.73. The summed E-state index contributed by atoms with van der Waals surface area (Å²) in [7, 11) is 0. The van der Waals surface area contributed by atoms with Crippen molar-refractivity contribution in [2.45, 2.75) is 22.7 Å². The molecule has 0 radical (unpaired) electrons. The van der Waals surface area contributed by atoms with Crippen molar-refractivity contribution in [1.82, 2.24) is 15.0 Å². The molecule has 0 aromatic carbocycles. The first kappa shape index (κ1) is 10.5. The minimum absolute atomic E-state index is 0.514. The maximum atomic E-state index is 12.8. The largest absolute Gasteiger partial charge is 0.234 e. The first-order chi connectivity index (χ1) is 7.28. The molecule has 0 aliphatic rings. The quantitative estimate of drug-likeness (QED) is 0.774. The Kier molecular flexibility index (Phi) is 3.27. The van der Waals surface area contributed by atoms with Gasteiger partial charge in [0.05, 0.1) is 5.69 Å². The lowest BCUT2D eigenvalue weighted by atomic mass is 10.4. The molecule has 0 saturated heterocycles. The second kappa shape index (κ2) is 4.67. The third-order valence-electron chi connectivity index (χ3n) is 1.69. The van der Waals surface area contributed by atoms with Crippen molar-refractivity contribution in [3.8, 4) is 0 Å². The molecule has 0 amide bonds. The molecule has 0 aliphatic heterocycles. The van der Waals surface area contributed by atoms with E-state index in [-0.39, 0.29) is 0 Å². The molecule has 0 atom stereocenters. The van der Waals surface area contributed by atoms with E-state index in [2.05, 4.69) is 15.0 Å². The molecule has 3 nitrogen and oxygen atoms in total. The number of hydrogen-bond donors (Lipinski definition) is 0. The lowest BCUT2D eigenvalue weighted by Gasteiger charge is -1.95. The average molecular weight is 241 g/mol. The van der Waals surface area contributed by atoms with Crippen molar-refractivity contribution >= 4 is 23.1 Å². The Morgan fingerprint density at radius 1 is 1.47 bits per heavy atom. The summed E-state index contributed by atoms with van der Waals surface area (Å²) in [4.78, 5) is 11.7. The van der Waals surface area contributed by atoms with Crippen molar-refractivity contribution in [1.29, 1.82) is 0 Å². The van der Waals surface area contributed by atoms with E-state index in [0.29, 0.717) is 5.03 Å². The number of halogens is 1. The van der Waals surface area contributed by atoms with Gasteiger partial charge in [0, 0.05) is 11.4 Å². The molecule has 2 heterocycles. The Bertz CT molecular complexity index is 458. The summed E-state index contributed by atoms with van der Waals surface area (Å²) in [6.07, 6.45) is 2.13. The van der Waals surface area contributed by atoms with Crippen LogP contribution in [0.4, 0.5) is 4.39 Å². The summed E-state index contributed by atoms with van der Waals surface area (Å²) in [6.45, 7) is 2.05. The molecule has 78 valence electrons. The van der Waals surface area contributed by atoms with Crippen molar-refractivity contribution in [3.63, 3.8) is 0 Å². The van der Waals surface area contributed by atoms with Gasteiger partial charge in [-0.3, -0.25) is 0 Å². The van der Waals surface area contributed by atoms with Gasteiger partial charge >= 0.3 is 0 Å². The molecule has 0 bridgehead atoms. The van der Waals surface area contributed by atoms with Gasteiger partial charge in [-0.2, -0.15) is 4.39 Å². The first-order valence-corrected chi connectivity index (χ1v) is 6.07. The van der Waals surface area contributed by atoms with Crippen LogP contribution in [-0.2, 0) is 6.42 Å². The van der Waals surface area contributed by atoms with Crippen LogP contribution < -0.4 is 0 Å². The minimum Gasteiger partial charge on any atom is -0.234 e. The minimum atomic E-state index is -0.514. The van der Waals surface area contributed by atoms with Gasteiger partial charge in [-0.1, -0.05) is 6.92 Å². The number of hydrogen-bond acceptors (Lipinski definition) is 5. The maximum Gasteiger partial charge on any atom is 0.217 e. The zero-order valence-corrected chi connectivity index (χ0v) is 9.61. The molecule has 2 rings (SSSR count). The SMILES string of the molecule is CCc1csc(Sc2cc(F)ncn2)n1. The van der Waals surface area contributed by atoms with E-state index in [1.807, 2.05) is 12.3 Å². The molecule has 0 spiro atoms. The standard InChI is InChI=1S/C9H8FN3S2/c1-2-6-4-14-9(13-6)15-8-3-7(10)11-5-12-8/h3-5H,2H2,1H3. The normalized spacial score (nSPS) is 10.5. The highest BCUT2D eigenvalue weighted by atomic mass is 32.2. The Balaban J connectivity index is 2.14. The molecule has 6 heteroatoms. The van der Waals surface area contributed by atoms with Gasteiger partial charge in [0.15, 0.2) is 4.34 Å².